The molecule has 0 saturated heterocycles. The molecule has 5 heteroatoms. The maximum Gasteiger partial charge on any atom is 0.307 e. The molecule has 1 aromatic rings. The SMILES string of the molecule is CCOC(=O)CC(Cl)C(=O)Nc1c(CC)cccc1CC. The Morgan fingerprint density at radius 1 is 1.19 bits per heavy atom. The first kappa shape index (κ1) is 17.5. The normalized spacial score (nSPS) is 11.8. The lowest BCUT2D eigenvalue weighted by Crippen LogP contribution is -2.27. The van der Waals surface area contributed by atoms with Gasteiger partial charge in [0.15, 0.2) is 0 Å². The number of anilines is 1. The summed E-state index contributed by atoms with van der Waals surface area (Å²) in [5, 5.41) is 1.92. The van der Waals surface area contributed by atoms with E-state index in [2.05, 4.69) is 5.32 Å². The van der Waals surface area contributed by atoms with Crippen molar-refractivity contribution in [2.24, 2.45) is 0 Å². The highest BCUT2D eigenvalue weighted by Gasteiger charge is 2.21. The minimum atomic E-state index is -0.932. The number of nitrogens with one attached hydrogen (secondary N) is 1. The molecule has 1 amide bonds. The van der Waals surface area contributed by atoms with E-state index in [9.17, 15) is 9.59 Å². The number of carbonyl (C=O) groups is 2. The van der Waals surface area contributed by atoms with Crippen molar-refractivity contribution in [3.05, 3.63) is 29.3 Å². The Morgan fingerprint density at radius 2 is 1.76 bits per heavy atom. The van der Waals surface area contributed by atoms with Gasteiger partial charge in [0, 0.05) is 5.69 Å². The number of ether oxygens (including phenoxy) is 1. The number of alkyl halides is 1. The quantitative estimate of drug-likeness (QED) is 0.621. The Balaban J connectivity index is 2.80. The summed E-state index contributed by atoms with van der Waals surface area (Å²) in [6.07, 6.45) is 1.50. The number of benzene rings is 1. The third-order valence-electron chi connectivity index (χ3n) is 3.18. The number of rotatable bonds is 7. The third-order valence-corrected chi connectivity index (χ3v) is 3.54. The fourth-order valence-electron chi connectivity index (χ4n) is 2.06. The third kappa shape index (κ3) is 5.05. The van der Waals surface area contributed by atoms with E-state index in [1.807, 2.05) is 32.0 Å². The molecule has 1 N–H and O–H groups in total. The van der Waals surface area contributed by atoms with Gasteiger partial charge in [-0.1, -0.05) is 32.0 Å². The van der Waals surface area contributed by atoms with Crippen LogP contribution in [-0.2, 0) is 27.2 Å². The summed E-state index contributed by atoms with van der Waals surface area (Å²) in [4.78, 5) is 23.5. The van der Waals surface area contributed by atoms with Gasteiger partial charge in [-0.2, -0.15) is 0 Å². The fraction of sp³-hybridized carbons (Fsp3) is 0.500. The summed E-state index contributed by atoms with van der Waals surface area (Å²) in [5.74, 6) is -0.840. The topological polar surface area (TPSA) is 55.4 Å². The van der Waals surface area contributed by atoms with E-state index in [1.165, 1.54) is 0 Å². The van der Waals surface area contributed by atoms with Gasteiger partial charge in [0.1, 0.15) is 5.38 Å². The van der Waals surface area contributed by atoms with Gasteiger partial charge in [0.2, 0.25) is 5.91 Å². The van der Waals surface area contributed by atoms with Crippen LogP contribution < -0.4 is 5.32 Å². The van der Waals surface area contributed by atoms with Gasteiger partial charge in [-0.05, 0) is 30.9 Å². The van der Waals surface area contributed by atoms with Crippen LogP contribution >= 0.6 is 11.6 Å². The van der Waals surface area contributed by atoms with Gasteiger partial charge in [-0.15, -0.1) is 11.6 Å². The Morgan fingerprint density at radius 3 is 2.24 bits per heavy atom. The molecule has 1 unspecified atom stereocenters. The second-order valence-electron chi connectivity index (χ2n) is 4.62. The molecular formula is C16H22ClNO3. The molecule has 1 atom stereocenters. The molecule has 0 aliphatic heterocycles. The van der Waals surface area contributed by atoms with E-state index < -0.39 is 11.3 Å². The molecule has 0 spiro atoms. The number of hydrogen-bond donors (Lipinski definition) is 1. The van der Waals surface area contributed by atoms with E-state index in [-0.39, 0.29) is 18.9 Å². The van der Waals surface area contributed by atoms with E-state index in [0.717, 1.165) is 29.7 Å². The van der Waals surface area contributed by atoms with Gasteiger partial charge in [0.25, 0.3) is 0 Å². The number of aryl methyl sites for hydroxylation is 2. The summed E-state index contributed by atoms with van der Waals surface area (Å²) >= 11 is 5.99. The van der Waals surface area contributed by atoms with Crippen LogP contribution in [0.4, 0.5) is 5.69 Å². The van der Waals surface area contributed by atoms with Crippen molar-refractivity contribution in [2.45, 2.75) is 45.4 Å². The number of carbonyl (C=O) groups excluding carboxylic acids is 2. The van der Waals surface area contributed by atoms with Crippen LogP contribution in [0.3, 0.4) is 0 Å². The highest BCUT2D eigenvalue weighted by molar-refractivity contribution is 6.33. The number of amides is 1. The van der Waals surface area contributed by atoms with Gasteiger partial charge in [-0.25, -0.2) is 0 Å². The Bertz CT molecular complexity index is 480. The lowest BCUT2D eigenvalue weighted by atomic mass is 10.0. The van der Waals surface area contributed by atoms with Crippen LogP contribution in [0, 0.1) is 0 Å². The van der Waals surface area contributed by atoms with Crippen LogP contribution in [0.5, 0.6) is 0 Å². The van der Waals surface area contributed by atoms with Crippen molar-refractivity contribution < 1.29 is 14.3 Å². The molecule has 1 aromatic carbocycles. The Labute approximate surface area is 130 Å². The van der Waals surface area contributed by atoms with Gasteiger partial charge >= 0.3 is 5.97 Å². The number of halogens is 1. The average Bonchev–Trinajstić information content (AvgIpc) is 2.47. The first-order valence-electron chi connectivity index (χ1n) is 7.24. The zero-order chi connectivity index (χ0) is 15.8. The molecule has 0 radical (unpaired) electrons. The van der Waals surface area contributed by atoms with E-state index in [0.29, 0.717) is 0 Å². The van der Waals surface area contributed by atoms with Crippen LogP contribution in [0.1, 0.15) is 38.3 Å². The van der Waals surface area contributed by atoms with E-state index in [1.54, 1.807) is 6.92 Å². The van der Waals surface area contributed by atoms with Crippen molar-refractivity contribution in [2.75, 3.05) is 11.9 Å². The largest absolute Gasteiger partial charge is 0.466 e. The van der Waals surface area contributed by atoms with Gasteiger partial charge in [-0.3, -0.25) is 9.59 Å². The molecule has 1 rings (SSSR count). The van der Waals surface area contributed by atoms with Crippen LogP contribution in [-0.4, -0.2) is 23.9 Å². The molecule has 0 heterocycles. The second kappa shape index (κ2) is 8.67. The summed E-state index contributed by atoms with van der Waals surface area (Å²) in [5.41, 5.74) is 2.92. The van der Waals surface area contributed by atoms with Crippen molar-refractivity contribution in [3.63, 3.8) is 0 Å². The molecule has 0 aliphatic rings. The van der Waals surface area contributed by atoms with Gasteiger partial charge in [0.05, 0.1) is 13.0 Å². The van der Waals surface area contributed by atoms with Crippen LogP contribution in [0.15, 0.2) is 18.2 Å². The second-order valence-corrected chi connectivity index (χ2v) is 5.15. The minimum Gasteiger partial charge on any atom is -0.466 e. The molecule has 0 aliphatic carbocycles. The Kier molecular flexibility index (Phi) is 7.23. The summed E-state index contributed by atoms with van der Waals surface area (Å²) in [7, 11) is 0. The van der Waals surface area contributed by atoms with E-state index in [4.69, 9.17) is 16.3 Å². The monoisotopic (exact) mass is 311 g/mol. The Hall–Kier alpha value is -1.55. The number of para-hydroxylation sites is 1. The zero-order valence-electron chi connectivity index (χ0n) is 12.7. The molecule has 0 bridgehead atoms. The molecule has 21 heavy (non-hydrogen) atoms. The van der Waals surface area contributed by atoms with Crippen molar-refractivity contribution in [3.8, 4) is 0 Å². The average molecular weight is 312 g/mol. The van der Waals surface area contributed by atoms with Crippen LogP contribution in [0.25, 0.3) is 0 Å². The maximum absolute atomic E-state index is 12.1. The van der Waals surface area contributed by atoms with E-state index >= 15 is 0 Å². The van der Waals surface area contributed by atoms with Crippen molar-refractivity contribution >= 4 is 29.2 Å². The smallest absolute Gasteiger partial charge is 0.307 e. The lowest BCUT2D eigenvalue weighted by Gasteiger charge is -2.16. The summed E-state index contributed by atoms with van der Waals surface area (Å²) in [6.45, 7) is 6.05. The van der Waals surface area contributed by atoms with Crippen molar-refractivity contribution in [1.29, 1.82) is 0 Å². The highest BCUT2D eigenvalue weighted by Crippen LogP contribution is 2.23. The predicted octanol–water partition coefficient (Wildman–Crippen LogP) is 3.31. The minimum absolute atomic E-state index is 0.128. The highest BCUT2D eigenvalue weighted by atomic mass is 35.5. The maximum atomic E-state index is 12.1. The first-order valence-corrected chi connectivity index (χ1v) is 7.68. The molecular weight excluding hydrogens is 290 g/mol. The molecule has 4 nitrogen and oxygen atoms in total. The number of esters is 1. The molecule has 0 fully saturated rings. The first-order chi connectivity index (χ1) is 10.0. The molecule has 0 aromatic heterocycles. The number of hydrogen-bond acceptors (Lipinski definition) is 3. The fourth-order valence-corrected chi connectivity index (χ4v) is 2.24. The lowest BCUT2D eigenvalue weighted by molar-refractivity contribution is -0.144. The zero-order valence-corrected chi connectivity index (χ0v) is 13.5. The predicted molar refractivity (Wildman–Crippen MR) is 84.7 cm³/mol. The summed E-state index contributed by atoms with van der Waals surface area (Å²) in [6, 6.07) is 5.93. The van der Waals surface area contributed by atoms with Gasteiger partial charge < -0.3 is 10.1 Å². The van der Waals surface area contributed by atoms with Crippen LogP contribution in [0.2, 0.25) is 0 Å². The van der Waals surface area contributed by atoms with Crippen molar-refractivity contribution in [1.82, 2.24) is 0 Å². The molecule has 0 saturated carbocycles. The summed E-state index contributed by atoms with van der Waals surface area (Å²) < 4.78 is 4.80. The standard InChI is InChI=1S/C16H22ClNO3/c1-4-11-8-7-9-12(5-2)15(11)18-16(20)13(17)10-14(19)21-6-3/h7-9,13H,4-6,10H2,1-3H3,(H,18,20). The molecule has 116 valence electrons.